The molecule has 0 saturated heterocycles. The highest BCUT2D eigenvalue weighted by Gasteiger charge is 2.26. The fourth-order valence-corrected chi connectivity index (χ4v) is 3.29. The predicted molar refractivity (Wildman–Crippen MR) is 78.7 cm³/mol. The van der Waals surface area contributed by atoms with E-state index in [0.717, 1.165) is 19.4 Å². The number of halogens is 2. The molecule has 112 valence electrons. The standard InChI is InChI=1S/C17H25F2N/c1-3-20-17(13-8-6-4-5-7-9-13)14-11-15(18)12(2)10-16(14)19/h10-11,13,17,20H,3-9H2,1-2H3. The Bertz CT molecular complexity index is 437. The first-order valence-electron chi connectivity index (χ1n) is 7.82. The monoisotopic (exact) mass is 281 g/mol. The predicted octanol–water partition coefficient (Wildman–Crippen LogP) is 4.89. The molecular formula is C17H25F2N. The molecule has 1 unspecified atom stereocenters. The Morgan fingerprint density at radius 3 is 2.35 bits per heavy atom. The Labute approximate surface area is 120 Å². The molecule has 1 N–H and O–H groups in total. The molecule has 0 aromatic heterocycles. The molecule has 1 aromatic carbocycles. The fraction of sp³-hybridized carbons (Fsp3) is 0.647. The maximum Gasteiger partial charge on any atom is 0.128 e. The lowest BCUT2D eigenvalue weighted by Crippen LogP contribution is -2.29. The van der Waals surface area contributed by atoms with Crippen molar-refractivity contribution in [3.8, 4) is 0 Å². The zero-order chi connectivity index (χ0) is 14.5. The van der Waals surface area contributed by atoms with Crippen molar-refractivity contribution in [3.05, 3.63) is 34.9 Å². The van der Waals surface area contributed by atoms with Crippen molar-refractivity contribution in [1.29, 1.82) is 0 Å². The first-order chi connectivity index (χ1) is 9.63. The van der Waals surface area contributed by atoms with E-state index in [0.29, 0.717) is 17.0 Å². The Balaban J connectivity index is 2.29. The van der Waals surface area contributed by atoms with Gasteiger partial charge in [-0.05, 0) is 49.9 Å². The lowest BCUT2D eigenvalue weighted by atomic mass is 9.86. The summed E-state index contributed by atoms with van der Waals surface area (Å²) in [6.45, 7) is 4.40. The summed E-state index contributed by atoms with van der Waals surface area (Å²) < 4.78 is 28.1. The van der Waals surface area contributed by atoms with Crippen LogP contribution in [0.4, 0.5) is 8.78 Å². The van der Waals surface area contributed by atoms with Crippen molar-refractivity contribution < 1.29 is 8.78 Å². The van der Waals surface area contributed by atoms with Crippen LogP contribution in [0.2, 0.25) is 0 Å². The van der Waals surface area contributed by atoms with Gasteiger partial charge in [0, 0.05) is 11.6 Å². The lowest BCUT2D eigenvalue weighted by Gasteiger charge is -2.28. The summed E-state index contributed by atoms with van der Waals surface area (Å²) in [7, 11) is 0. The molecule has 0 heterocycles. The van der Waals surface area contributed by atoms with Crippen LogP contribution < -0.4 is 5.32 Å². The van der Waals surface area contributed by atoms with E-state index >= 15 is 0 Å². The van der Waals surface area contributed by atoms with Crippen molar-refractivity contribution in [2.75, 3.05) is 6.54 Å². The van der Waals surface area contributed by atoms with Crippen LogP contribution in [0.15, 0.2) is 12.1 Å². The molecule has 1 aliphatic carbocycles. The van der Waals surface area contributed by atoms with Crippen molar-refractivity contribution in [3.63, 3.8) is 0 Å². The minimum absolute atomic E-state index is 0.0619. The van der Waals surface area contributed by atoms with Gasteiger partial charge >= 0.3 is 0 Å². The van der Waals surface area contributed by atoms with E-state index in [1.807, 2.05) is 6.92 Å². The van der Waals surface area contributed by atoms with Gasteiger partial charge in [0.2, 0.25) is 0 Å². The van der Waals surface area contributed by atoms with Crippen molar-refractivity contribution >= 4 is 0 Å². The third kappa shape index (κ3) is 3.57. The van der Waals surface area contributed by atoms with Crippen LogP contribution in [0.3, 0.4) is 0 Å². The van der Waals surface area contributed by atoms with E-state index in [1.165, 1.54) is 37.8 Å². The molecule has 3 heteroatoms. The van der Waals surface area contributed by atoms with E-state index in [4.69, 9.17) is 0 Å². The molecule has 0 aliphatic heterocycles. The number of rotatable bonds is 4. The van der Waals surface area contributed by atoms with Gasteiger partial charge < -0.3 is 5.32 Å². The number of hydrogen-bond acceptors (Lipinski definition) is 1. The smallest absolute Gasteiger partial charge is 0.128 e. The zero-order valence-electron chi connectivity index (χ0n) is 12.5. The minimum Gasteiger partial charge on any atom is -0.310 e. The quantitative estimate of drug-likeness (QED) is 0.774. The van der Waals surface area contributed by atoms with E-state index in [2.05, 4.69) is 5.32 Å². The number of hydrogen-bond donors (Lipinski definition) is 1. The van der Waals surface area contributed by atoms with Gasteiger partial charge in [-0.25, -0.2) is 8.78 Å². The topological polar surface area (TPSA) is 12.0 Å². The van der Waals surface area contributed by atoms with E-state index in [-0.39, 0.29) is 17.7 Å². The first-order valence-corrected chi connectivity index (χ1v) is 7.82. The molecule has 1 fully saturated rings. The maximum absolute atomic E-state index is 14.3. The van der Waals surface area contributed by atoms with Crippen LogP contribution in [-0.4, -0.2) is 6.54 Å². The largest absolute Gasteiger partial charge is 0.310 e. The minimum atomic E-state index is -0.307. The molecule has 0 amide bonds. The third-order valence-corrected chi connectivity index (χ3v) is 4.41. The van der Waals surface area contributed by atoms with Gasteiger partial charge in [-0.1, -0.05) is 32.6 Å². The second-order valence-electron chi connectivity index (χ2n) is 5.91. The molecule has 1 aromatic rings. The van der Waals surface area contributed by atoms with Crippen molar-refractivity contribution in [1.82, 2.24) is 5.32 Å². The van der Waals surface area contributed by atoms with Crippen LogP contribution in [0.1, 0.15) is 62.6 Å². The van der Waals surface area contributed by atoms with Gasteiger partial charge in [0.15, 0.2) is 0 Å². The van der Waals surface area contributed by atoms with Crippen LogP contribution in [0, 0.1) is 24.5 Å². The van der Waals surface area contributed by atoms with Gasteiger partial charge in [0.05, 0.1) is 0 Å². The first kappa shape index (κ1) is 15.4. The molecular weight excluding hydrogens is 256 g/mol. The highest BCUT2D eigenvalue weighted by atomic mass is 19.1. The summed E-state index contributed by atoms with van der Waals surface area (Å²) in [5, 5.41) is 3.38. The lowest BCUT2D eigenvalue weighted by molar-refractivity contribution is 0.321. The Morgan fingerprint density at radius 1 is 1.10 bits per heavy atom. The molecule has 1 saturated carbocycles. The zero-order valence-corrected chi connectivity index (χ0v) is 12.5. The van der Waals surface area contributed by atoms with Crippen molar-refractivity contribution in [2.24, 2.45) is 5.92 Å². The van der Waals surface area contributed by atoms with E-state index in [1.54, 1.807) is 6.92 Å². The van der Waals surface area contributed by atoms with Gasteiger partial charge in [0.1, 0.15) is 11.6 Å². The van der Waals surface area contributed by atoms with Gasteiger partial charge in [-0.2, -0.15) is 0 Å². The Hall–Kier alpha value is -0.960. The molecule has 1 nitrogen and oxygen atoms in total. The normalized spacial score (nSPS) is 18.8. The molecule has 0 radical (unpaired) electrons. The van der Waals surface area contributed by atoms with Crippen LogP contribution in [-0.2, 0) is 0 Å². The van der Waals surface area contributed by atoms with Gasteiger partial charge in [-0.15, -0.1) is 0 Å². The average molecular weight is 281 g/mol. The summed E-state index contributed by atoms with van der Waals surface area (Å²) in [5.41, 5.74) is 0.879. The van der Waals surface area contributed by atoms with Gasteiger partial charge in [-0.3, -0.25) is 0 Å². The fourth-order valence-electron chi connectivity index (χ4n) is 3.29. The molecule has 2 rings (SSSR count). The Morgan fingerprint density at radius 2 is 1.75 bits per heavy atom. The molecule has 1 atom stereocenters. The summed E-state index contributed by atoms with van der Waals surface area (Å²) in [6, 6.07) is 2.66. The van der Waals surface area contributed by atoms with E-state index < -0.39 is 0 Å². The van der Waals surface area contributed by atoms with Crippen LogP contribution >= 0.6 is 0 Å². The number of nitrogens with one attached hydrogen (secondary N) is 1. The van der Waals surface area contributed by atoms with E-state index in [9.17, 15) is 8.78 Å². The van der Waals surface area contributed by atoms with Crippen LogP contribution in [0.25, 0.3) is 0 Å². The second-order valence-corrected chi connectivity index (χ2v) is 5.91. The second kappa shape index (κ2) is 7.16. The summed E-state index contributed by atoms with van der Waals surface area (Å²) in [4.78, 5) is 0. The molecule has 20 heavy (non-hydrogen) atoms. The number of aryl methyl sites for hydroxylation is 1. The summed E-state index contributed by atoms with van der Waals surface area (Å²) in [5.74, 6) is -0.175. The highest BCUT2D eigenvalue weighted by Crippen LogP contribution is 2.35. The molecule has 0 spiro atoms. The summed E-state index contributed by atoms with van der Waals surface area (Å²) >= 11 is 0. The Kier molecular flexibility index (Phi) is 5.53. The van der Waals surface area contributed by atoms with Crippen LogP contribution in [0.5, 0.6) is 0 Å². The molecule has 0 bridgehead atoms. The third-order valence-electron chi connectivity index (χ3n) is 4.41. The molecule has 1 aliphatic rings. The van der Waals surface area contributed by atoms with Gasteiger partial charge in [0.25, 0.3) is 0 Å². The SMILES string of the molecule is CCNC(c1cc(F)c(C)cc1F)C1CCCCCC1. The summed E-state index contributed by atoms with van der Waals surface area (Å²) in [6.07, 6.45) is 7.13. The average Bonchev–Trinajstić information content (AvgIpc) is 2.69. The maximum atomic E-state index is 14.3. The number of benzene rings is 1. The van der Waals surface area contributed by atoms with Crippen molar-refractivity contribution in [2.45, 2.75) is 58.4 Å². The highest BCUT2D eigenvalue weighted by molar-refractivity contribution is 5.28.